The molecule has 4 unspecified atom stereocenters. The van der Waals surface area contributed by atoms with Crippen molar-refractivity contribution < 1.29 is 38.7 Å². The molecule has 0 aliphatic heterocycles. The van der Waals surface area contributed by atoms with Gasteiger partial charge in [0.05, 0.1) is 25.3 Å². The Morgan fingerprint density at radius 3 is 1.32 bits per heavy atom. The van der Waals surface area contributed by atoms with Crippen molar-refractivity contribution >= 4 is 54.0 Å². The van der Waals surface area contributed by atoms with Gasteiger partial charge in [-0.3, -0.25) is 28.8 Å². The second-order valence-electron chi connectivity index (χ2n) is 6.32. The third-order valence-corrected chi connectivity index (χ3v) is 4.02. The largest absolute Gasteiger partial charge is 0.480 e. The lowest BCUT2D eigenvalue weighted by Gasteiger charge is -2.24. The van der Waals surface area contributed by atoms with E-state index < -0.39 is 84.8 Å². The molecule has 0 spiro atoms. The van der Waals surface area contributed by atoms with Crippen LogP contribution in [0.5, 0.6) is 0 Å². The number of carbonyl (C=O) groups is 7. The Kier molecular flexibility index (Phi) is 11.6. The predicted octanol–water partition coefficient (Wildman–Crippen LogP) is -5.59. The van der Waals surface area contributed by atoms with Gasteiger partial charge < -0.3 is 44.0 Å². The maximum absolute atomic E-state index is 12.5. The molecule has 0 aliphatic rings. The molecule has 6 amide bonds. The first-order valence-corrected chi connectivity index (χ1v) is 9.26. The molecule has 0 bridgehead atoms. The summed E-state index contributed by atoms with van der Waals surface area (Å²) in [4.78, 5) is 81.4. The highest BCUT2D eigenvalue weighted by molar-refractivity contribution is 7.80. The SMILES string of the molecule is NC(=O)CC(NC(=O)C(CC(N)=O)NC(=O)C(CC(N)=O)NC(=O)C(N)CS)C(=O)O. The van der Waals surface area contributed by atoms with Crippen LogP contribution in [0.15, 0.2) is 0 Å². The van der Waals surface area contributed by atoms with Gasteiger partial charge in [0.2, 0.25) is 35.4 Å². The van der Waals surface area contributed by atoms with Crippen LogP contribution >= 0.6 is 12.6 Å². The van der Waals surface area contributed by atoms with Gasteiger partial charge in [0.15, 0.2) is 0 Å². The van der Waals surface area contributed by atoms with Crippen LogP contribution < -0.4 is 38.9 Å². The summed E-state index contributed by atoms with van der Waals surface area (Å²) in [5, 5.41) is 15.2. The summed E-state index contributed by atoms with van der Waals surface area (Å²) in [6.45, 7) is 0. The monoisotopic (exact) mass is 463 g/mol. The maximum atomic E-state index is 12.5. The Bertz CT molecular complexity index is 747. The van der Waals surface area contributed by atoms with Crippen molar-refractivity contribution in [1.29, 1.82) is 0 Å². The fourth-order valence-corrected chi connectivity index (χ4v) is 2.29. The van der Waals surface area contributed by atoms with Gasteiger partial charge in [-0.25, -0.2) is 4.79 Å². The van der Waals surface area contributed by atoms with E-state index in [2.05, 4.69) is 23.3 Å². The molecule has 16 heteroatoms. The lowest BCUT2D eigenvalue weighted by atomic mass is 10.1. The predicted molar refractivity (Wildman–Crippen MR) is 107 cm³/mol. The second kappa shape index (κ2) is 13.0. The van der Waals surface area contributed by atoms with Crippen LogP contribution in [0.1, 0.15) is 19.3 Å². The van der Waals surface area contributed by atoms with Gasteiger partial charge in [0, 0.05) is 5.75 Å². The average Bonchev–Trinajstić information content (AvgIpc) is 2.64. The summed E-state index contributed by atoms with van der Waals surface area (Å²) in [6, 6.07) is -6.14. The summed E-state index contributed by atoms with van der Waals surface area (Å²) in [5.41, 5.74) is 20.5. The summed E-state index contributed by atoms with van der Waals surface area (Å²) in [5.74, 6) is -7.89. The summed E-state index contributed by atoms with van der Waals surface area (Å²) in [7, 11) is 0. The number of thiol groups is 1. The van der Waals surface area contributed by atoms with Gasteiger partial charge in [0.25, 0.3) is 0 Å². The number of carboxylic acids is 1. The van der Waals surface area contributed by atoms with E-state index in [9.17, 15) is 33.6 Å². The zero-order chi connectivity index (χ0) is 24.3. The molecule has 0 fully saturated rings. The van der Waals surface area contributed by atoms with Gasteiger partial charge in [0.1, 0.15) is 18.1 Å². The Morgan fingerprint density at radius 2 is 1.00 bits per heavy atom. The van der Waals surface area contributed by atoms with Crippen molar-refractivity contribution in [3.05, 3.63) is 0 Å². The van der Waals surface area contributed by atoms with Crippen molar-refractivity contribution in [2.75, 3.05) is 5.75 Å². The van der Waals surface area contributed by atoms with E-state index in [1.54, 1.807) is 0 Å². The van der Waals surface area contributed by atoms with E-state index in [0.29, 0.717) is 0 Å². The number of rotatable bonds is 14. The molecule has 0 aromatic rings. The first-order valence-electron chi connectivity index (χ1n) is 8.63. The van der Waals surface area contributed by atoms with Crippen molar-refractivity contribution in [2.45, 2.75) is 43.4 Å². The zero-order valence-electron chi connectivity index (χ0n) is 16.2. The molecular weight excluding hydrogens is 438 g/mol. The van der Waals surface area contributed by atoms with E-state index >= 15 is 0 Å². The number of hydrogen-bond acceptors (Lipinski definition) is 9. The van der Waals surface area contributed by atoms with Crippen LogP contribution in [-0.4, -0.2) is 76.4 Å². The molecule has 12 N–H and O–H groups in total. The highest BCUT2D eigenvalue weighted by Gasteiger charge is 2.32. The molecule has 0 aliphatic carbocycles. The van der Waals surface area contributed by atoms with E-state index in [1.165, 1.54) is 0 Å². The second-order valence-corrected chi connectivity index (χ2v) is 6.69. The maximum Gasteiger partial charge on any atom is 0.326 e. The summed E-state index contributed by atoms with van der Waals surface area (Å²) in [6.07, 6.45) is -2.21. The van der Waals surface area contributed by atoms with E-state index in [4.69, 9.17) is 28.0 Å². The van der Waals surface area contributed by atoms with Crippen LogP contribution in [0.3, 0.4) is 0 Å². The number of carboxylic acid groups (broad SMARTS) is 1. The molecule has 0 radical (unpaired) electrons. The molecule has 0 rings (SSSR count). The molecule has 31 heavy (non-hydrogen) atoms. The highest BCUT2D eigenvalue weighted by Crippen LogP contribution is 2.01. The number of hydrogen-bond donors (Lipinski definition) is 9. The van der Waals surface area contributed by atoms with Crippen LogP contribution in [0.4, 0.5) is 0 Å². The molecule has 4 atom stereocenters. The molecule has 0 saturated heterocycles. The number of aliphatic carboxylic acids is 1. The first kappa shape index (κ1) is 27.6. The Morgan fingerprint density at radius 1 is 0.677 bits per heavy atom. The number of primary amides is 3. The zero-order valence-corrected chi connectivity index (χ0v) is 17.1. The minimum absolute atomic E-state index is 0.0834. The van der Waals surface area contributed by atoms with Crippen LogP contribution in [0.2, 0.25) is 0 Å². The minimum atomic E-state index is -1.74. The summed E-state index contributed by atoms with van der Waals surface area (Å²) >= 11 is 3.83. The molecule has 174 valence electrons. The molecular formula is C15H25N7O8S. The topological polar surface area (TPSA) is 280 Å². The molecule has 15 nitrogen and oxygen atoms in total. The third-order valence-electron chi connectivity index (χ3n) is 3.63. The van der Waals surface area contributed by atoms with Crippen molar-refractivity contribution in [3.63, 3.8) is 0 Å². The van der Waals surface area contributed by atoms with Gasteiger partial charge in [-0.1, -0.05) is 0 Å². The average molecular weight is 463 g/mol. The Hall–Kier alpha value is -3.40. The standard InChI is InChI=1S/C15H25N7O8S/c16-5(4-31)12(26)20-6(1-9(17)23)13(27)21-7(2-10(18)24)14(28)22-8(15(29)30)3-11(19)25/h5-8,31H,1-4,16H2,(H2,17,23)(H2,18,24)(H2,19,25)(H,20,26)(H,21,27)(H,22,28)(H,29,30). The van der Waals surface area contributed by atoms with Crippen LogP contribution in [0.25, 0.3) is 0 Å². The smallest absolute Gasteiger partial charge is 0.326 e. The lowest BCUT2D eigenvalue weighted by molar-refractivity contribution is -0.144. The number of nitrogens with two attached hydrogens (primary N) is 4. The highest BCUT2D eigenvalue weighted by atomic mass is 32.1. The molecule has 0 aromatic carbocycles. The van der Waals surface area contributed by atoms with Gasteiger partial charge >= 0.3 is 5.97 Å². The Balaban J connectivity index is 5.53. The fraction of sp³-hybridized carbons (Fsp3) is 0.533. The third kappa shape index (κ3) is 10.8. The normalized spacial score (nSPS) is 14.3. The fourth-order valence-electron chi connectivity index (χ4n) is 2.13. The van der Waals surface area contributed by atoms with E-state index in [1.807, 2.05) is 5.32 Å². The van der Waals surface area contributed by atoms with Crippen LogP contribution in [0, 0.1) is 0 Å². The molecule has 0 saturated carbocycles. The molecule has 0 aromatic heterocycles. The van der Waals surface area contributed by atoms with Crippen molar-refractivity contribution in [2.24, 2.45) is 22.9 Å². The first-order chi connectivity index (χ1) is 14.3. The number of carbonyl (C=O) groups excluding carboxylic acids is 6. The van der Waals surface area contributed by atoms with Crippen LogP contribution in [-0.2, 0) is 33.6 Å². The van der Waals surface area contributed by atoms with Gasteiger partial charge in [-0.2, -0.15) is 12.6 Å². The number of amides is 6. The van der Waals surface area contributed by atoms with Crippen molar-refractivity contribution in [1.82, 2.24) is 16.0 Å². The van der Waals surface area contributed by atoms with E-state index in [0.717, 1.165) is 0 Å². The minimum Gasteiger partial charge on any atom is -0.480 e. The Labute approximate surface area is 181 Å². The number of nitrogens with one attached hydrogen (secondary N) is 3. The van der Waals surface area contributed by atoms with Gasteiger partial charge in [-0.15, -0.1) is 0 Å². The molecule has 0 heterocycles. The van der Waals surface area contributed by atoms with Crippen molar-refractivity contribution in [3.8, 4) is 0 Å². The van der Waals surface area contributed by atoms with E-state index in [-0.39, 0.29) is 5.75 Å². The quantitative estimate of drug-likeness (QED) is 0.111. The van der Waals surface area contributed by atoms with Gasteiger partial charge in [-0.05, 0) is 0 Å². The lowest BCUT2D eigenvalue weighted by Crippen LogP contribution is -2.58. The summed E-state index contributed by atoms with van der Waals surface area (Å²) < 4.78 is 0.